The number of benzene rings is 2. The smallest absolute Gasteiger partial charge is 0.371 e. The summed E-state index contributed by atoms with van der Waals surface area (Å²) >= 11 is 0. The highest BCUT2D eigenvalue weighted by atomic mass is 28.3. The average Bonchev–Trinajstić information content (AvgIpc) is 2.51. The Labute approximate surface area is 134 Å². The van der Waals surface area contributed by atoms with E-state index in [4.69, 9.17) is 13.3 Å². The SMILES string of the molecule is CC(C)(C)O[SiH](OCc1ccccc1)OCc1ccccc1. The third-order valence-electron chi connectivity index (χ3n) is 2.91. The zero-order valence-electron chi connectivity index (χ0n) is 13.5. The molecular formula is C18H24O3Si. The predicted octanol–water partition coefficient (Wildman–Crippen LogP) is 3.95. The van der Waals surface area contributed by atoms with E-state index in [1.54, 1.807) is 0 Å². The molecular weight excluding hydrogens is 292 g/mol. The molecule has 2 aromatic rings. The van der Waals surface area contributed by atoms with Crippen LogP contribution >= 0.6 is 0 Å². The van der Waals surface area contributed by atoms with E-state index in [1.807, 2.05) is 81.4 Å². The molecule has 4 heteroatoms. The predicted molar refractivity (Wildman–Crippen MR) is 90.4 cm³/mol. The van der Waals surface area contributed by atoms with Gasteiger partial charge in [-0.25, -0.2) is 0 Å². The van der Waals surface area contributed by atoms with Gasteiger partial charge in [-0.15, -0.1) is 0 Å². The molecule has 0 spiro atoms. The van der Waals surface area contributed by atoms with Gasteiger partial charge in [-0.2, -0.15) is 0 Å². The molecule has 2 aromatic carbocycles. The van der Waals surface area contributed by atoms with Crippen LogP contribution in [0, 0.1) is 0 Å². The van der Waals surface area contributed by atoms with Crippen molar-refractivity contribution in [1.82, 2.24) is 0 Å². The van der Waals surface area contributed by atoms with Gasteiger partial charge >= 0.3 is 9.53 Å². The lowest BCUT2D eigenvalue weighted by molar-refractivity contribution is 0.0153. The van der Waals surface area contributed by atoms with Crippen molar-refractivity contribution in [2.75, 3.05) is 0 Å². The minimum absolute atomic E-state index is 0.274. The van der Waals surface area contributed by atoms with Gasteiger partial charge in [-0.3, -0.25) is 0 Å². The number of hydrogen-bond donors (Lipinski definition) is 0. The van der Waals surface area contributed by atoms with E-state index >= 15 is 0 Å². The lowest BCUT2D eigenvalue weighted by atomic mass is 10.2. The van der Waals surface area contributed by atoms with Gasteiger partial charge in [-0.1, -0.05) is 60.7 Å². The molecule has 0 saturated heterocycles. The minimum Gasteiger partial charge on any atom is -0.371 e. The standard InChI is InChI=1S/C18H24O3Si/c1-18(2,3)21-22(19-14-16-10-6-4-7-11-16)20-15-17-12-8-5-9-13-17/h4-13,22H,14-15H2,1-3H3. The second-order valence-electron chi connectivity index (χ2n) is 6.11. The summed E-state index contributed by atoms with van der Waals surface area (Å²) in [5, 5.41) is 0. The first-order chi connectivity index (χ1) is 10.5. The summed E-state index contributed by atoms with van der Waals surface area (Å²) in [6.07, 6.45) is 0. The maximum atomic E-state index is 5.98. The lowest BCUT2D eigenvalue weighted by Crippen LogP contribution is -2.35. The van der Waals surface area contributed by atoms with Crippen molar-refractivity contribution in [3.63, 3.8) is 0 Å². The van der Waals surface area contributed by atoms with Crippen molar-refractivity contribution in [3.05, 3.63) is 71.8 Å². The van der Waals surface area contributed by atoms with Gasteiger partial charge in [0, 0.05) is 0 Å². The Bertz CT molecular complexity index is 494. The van der Waals surface area contributed by atoms with Crippen LogP contribution < -0.4 is 0 Å². The van der Waals surface area contributed by atoms with Crippen molar-refractivity contribution in [1.29, 1.82) is 0 Å². The molecule has 0 aliphatic carbocycles. The van der Waals surface area contributed by atoms with Gasteiger partial charge in [0.1, 0.15) is 0 Å². The Morgan fingerprint density at radius 2 is 1.14 bits per heavy atom. The number of rotatable bonds is 7. The second kappa shape index (κ2) is 8.24. The summed E-state index contributed by atoms with van der Waals surface area (Å²) in [4.78, 5) is 0. The Kier molecular flexibility index (Phi) is 6.33. The maximum Gasteiger partial charge on any atom is 0.485 e. The molecule has 3 nitrogen and oxygen atoms in total. The first kappa shape index (κ1) is 16.9. The molecule has 0 aliphatic rings. The van der Waals surface area contributed by atoms with E-state index < -0.39 is 9.53 Å². The van der Waals surface area contributed by atoms with E-state index in [-0.39, 0.29) is 5.60 Å². The molecule has 0 radical (unpaired) electrons. The fraction of sp³-hybridized carbons (Fsp3) is 0.333. The Hall–Kier alpha value is -1.46. The summed E-state index contributed by atoms with van der Waals surface area (Å²) in [5.74, 6) is 0. The molecule has 0 heterocycles. The van der Waals surface area contributed by atoms with E-state index in [2.05, 4.69) is 0 Å². The van der Waals surface area contributed by atoms with Gasteiger partial charge in [0.25, 0.3) is 0 Å². The molecule has 0 atom stereocenters. The second-order valence-corrected chi connectivity index (χ2v) is 7.59. The highest BCUT2D eigenvalue weighted by Gasteiger charge is 2.23. The first-order valence-corrected chi connectivity index (χ1v) is 8.93. The summed E-state index contributed by atoms with van der Waals surface area (Å²) in [6, 6.07) is 20.2. The van der Waals surface area contributed by atoms with Crippen molar-refractivity contribution in [2.24, 2.45) is 0 Å². The van der Waals surface area contributed by atoms with Crippen molar-refractivity contribution < 1.29 is 13.3 Å². The van der Waals surface area contributed by atoms with Gasteiger partial charge in [0.15, 0.2) is 0 Å². The molecule has 22 heavy (non-hydrogen) atoms. The van der Waals surface area contributed by atoms with Crippen molar-refractivity contribution >= 4 is 9.53 Å². The topological polar surface area (TPSA) is 27.7 Å². The molecule has 0 aliphatic heterocycles. The number of hydrogen-bond acceptors (Lipinski definition) is 3. The van der Waals surface area contributed by atoms with Gasteiger partial charge in [-0.05, 0) is 31.9 Å². The lowest BCUT2D eigenvalue weighted by Gasteiger charge is -2.26. The summed E-state index contributed by atoms with van der Waals surface area (Å²) < 4.78 is 17.8. The zero-order valence-corrected chi connectivity index (χ0v) is 14.6. The van der Waals surface area contributed by atoms with Crippen LogP contribution in [-0.2, 0) is 26.5 Å². The van der Waals surface area contributed by atoms with E-state index in [1.165, 1.54) is 0 Å². The fourth-order valence-corrected chi connectivity index (χ4v) is 3.35. The zero-order chi connectivity index (χ0) is 15.8. The van der Waals surface area contributed by atoms with Gasteiger partial charge in [0.2, 0.25) is 0 Å². The van der Waals surface area contributed by atoms with Gasteiger partial charge < -0.3 is 13.3 Å². The highest BCUT2D eigenvalue weighted by Crippen LogP contribution is 2.13. The van der Waals surface area contributed by atoms with E-state index in [0.29, 0.717) is 13.2 Å². The Balaban J connectivity index is 1.90. The summed E-state index contributed by atoms with van der Waals surface area (Å²) in [7, 11) is -2.20. The van der Waals surface area contributed by atoms with Crippen LogP contribution in [0.2, 0.25) is 0 Å². The van der Waals surface area contributed by atoms with E-state index in [0.717, 1.165) is 11.1 Å². The van der Waals surface area contributed by atoms with E-state index in [9.17, 15) is 0 Å². The Morgan fingerprint density at radius 3 is 1.50 bits per heavy atom. The molecule has 0 saturated carbocycles. The van der Waals surface area contributed by atoms with Crippen molar-refractivity contribution in [3.8, 4) is 0 Å². The summed E-state index contributed by atoms with van der Waals surface area (Å²) in [6.45, 7) is 7.09. The van der Waals surface area contributed by atoms with Crippen LogP contribution in [-0.4, -0.2) is 15.1 Å². The van der Waals surface area contributed by atoms with Crippen LogP contribution in [0.25, 0.3) is 0 Å². The van der Waals surface area contributed by atoms with Crippen LogP contribution in [0.4, 0.5) is 0 Å². The van der Waals surface area contributed by atoms with Crippen LogP contribution in [0.1, 0.15) is 31.9 Å². The quantitative estimate of drug-likeness (QED) is 0.724. The molecule has 0 amide bonds. The monoisotopic (exact) mass is 316 g/mol. The van der Waals surface area contributed by atoms with Gasteiger partial charge in [0.05, 0.1) is 18.8 Å². The molecule has 0 N–H and O–H groups in total. The average molecular weight is 316 g/mol. The first-order valence-electron chi connectivity index (χ1n) is 7.52. The normalized spacial score (nSPS) is 11.8. The molecule has 0 aromatic heterocycles. The minimum atomic E-state index is -2.20. The molecule has 0 bridgehead atoms. The fourth-order valence-electron chi connectivity index (χ4n) is 1.88. The molecule has 2 rings (SSSR count). The third kappa shape index (κ3) is 6.53. The Morgan fingerprint density at radius 1 is 0.727 bits per heavy atom. The maximum absolute atomic E-state index is 5.98. The molecule has 0 unspecified atom stereocenters. The molecule has 0 fully saturated rings. The largest absolute Gasteiger partial charge is 0.485 e. The van der Waals surface area contributed by atoms with Crippen LogP contribution in [0.3, 0.4) is 0 Å². The third-order valence-corrected chi connectivity index (χ3v) is 4.68. The van der Waals surface area contributed by atoms with Crippen LogP contribution in [0.15, 0.2) is 60.7 Å². The highest BCUT2D eigenvalue weighted by molar-refractivity contribution is 6.36. The van der Waals surface area contributed by atoms with Crippen molar-refractivity contribution in [2.45, 2.75) is 39.6 Å². The molecule has 118 valence electrons. The van der Waals surface area contributed by atoms with Crippen LogP contribution in [0.5, 0.6) is 0 Å². The summed E-state index contributed by atoms with van der Waals surface area (Å²) in [5.41, 5.74) is 1.98.